The second-order valence-electron chi connectivity index (χ2n) is 6.60. The zero-order chi connectivity index (χ0) is 19.7. The average molecular weight is 372 g/mol. The number of pyridine rings is 1. The number of rotatable bonds is 5. The second-order valence-corrected chi connectivity index (χ2v) is 6.60. The lowest BCUT2D eigenvalue weighted by atomic mass is 10.1. The molecule has 0 spiro atoms. The molecule has 0 radical (unpaired) electrons. The molecule has 0 aliphatic heterocycles. The van der Waals surface area contributed by atoms with Crippen molar-refractivity contribution in [3.05, 3.63) is 77.6 Å². The first kappa shape index (κ1) is 17.9. The maximum Gasteiger partial charge on any atom is 0.356 e. The van der Waals surface area contributed by atoms with E-state index in [4.69, 9.17) is 4.74 Å². The van der Waals surface area contributed by atoms with Gasteiger partial charge in [0.25, 0.3) is 0 Å². The van der Waals surface area contributed by atoms with Crippen molar-refractivity contribution in [2.45, 2.75) is 20.4 Å². The lowest BCUT2D eigenvalue weighted by Crippen LogP contribution is -2.12. The Morgan fingerprint density at radius 3 is 2.46 bits per heavy atom. The minimum Gasteiger partial charge on any atom is -0.461 e. The van der Waals surface area contributed by atoms with Gasteiger partial charge in [-0.1, -0.05) is 48.5 Å². The Morgan fingerprint density at radius 1 is 1.00 bits per heavy atom. The van der Waals surface area contributed by atoms with Gasteiger partial charge >= 0.3 is 5.97 Å². The van der Waals surface area contributed by atoms with Crippen LogP contribution in [0, 0.1) is 6.92 Å². The lowest BCUT2D eigenvalue weighted by Gasteiger charge is -2.09. The number of carbonyl (C=O) groups excluding carboxylic acids is 2. The van der Waals surface area contributed by atoms with Crippen LogP contribution in [0.5, 0.6) is 0 Å². The number of aryl methyl sites for hydroxylation is 1. The van der Waals surface area contributed by atoms with Gasteiger partial charge in [0.15, 0.2) is 5.78 Å². The fourth-order valence-corrected chi connectivity index (χ4v) is 3.60. The summed E-state index contributed by atoms with van der Waals surface area (Å²) in [6, 6.07) is 18.9. The summed E-state index contributed by atoms with van der Waals surface area (Å²) < 4.78 is 7.09. The van der Waals surface area contributed by atoms with Gasteiger partial charge in [-0.05, 0) is 26.0 Å². The molecule has 0 saturated heterocycles. The number of fused-ring (bicyclic) bond motifs is 3. The van der Waals surface area contributed by atoms with E-state index >= 15 is 0 Å². The van der Waals surface area contributed by atoms with Crippen LogP contribution in [-0.2, 0) is 11.3 Å². The Bertz CT molecular complexity index is 1190. The topological polar surface area (TPSA) is 61.2 Å². The second kappa shape index (κ2) is 7.27. The van der Waals surface area contributed by atoms with Crippen molar-refractivity contribution in [1.82, 2.24) is 9.55 Å². The van der Waals surface area contributed by atoms with E-state index in [0.717, 1.165) is 21.8 Å². The maximum absolute atomic E-state index is 12.9. The van der Waals surface area contributed by atoms with Gasteiger partial charge in [0.1, 0.15) is 5.69 Å². The molecular formula is C23H20N2O3. The van der Waals surface area contributed by atoms with Gasteiger partial charge in [-0.15, -0.1) is 0 Å². The molecule has 28 heavy (non-hydrogen) atoms. The summed E-state index contributed by atoms with van der Waals surface area (Å²) in [5, 5.41) is 1.88. The number of Topliss-reactive ketones (excluding diaryl/α,β-unsaturated/α-hetero) is 1. The van der Waals surface area contributed by atoms with Crippen LogP contribution in [0.25, 0.3) is 21.8 Å². The highest BCUT2D eigenvalue weighted by Crippen LogP contribution is 2.31. The molecule has 2 heterocycles. The fraction of sp³-hybridized carbons (Fsp3) is 0.174. The van der Waals surface area contributed by atoms with Gasteiger partial charge in [0.2, 0.25) is 0 Å². The van der Waals surface area contributed by atoms with Crippen molar-refractivity contribution in [3.8, 4) is 0 Å². The molecule has 140 valence electrons. The first-order valence-corrected chi connectivity index (χ1v) is 9.24. The predicted molar refractivity (Wildman–Crippen MR) is 109 cm³/mol. The number of ketones is 1. The third-order valence-electron chi connectivity index (χ3n) is 4.80. The van der Waals surface area contributed by atoms with Gasteiger partial charge < -0.3 is 9.30 Å². The number of para-hydroxylation sites is 1. The summed E-state index contributed by atoms with van der Waals surface area (Å²) in [7, 11) is 0. The minimum atomic E-state index is -0.440. The molecule has 0 N–H and O–H groups in total. The fourth-order valence-electron chi connectivity index (χ4n) is 3.60. The van der Waals surface area contributed by atoms with Gasteiger partial charge in [-0.3, -0.25) is 4.79 Å². The molecule has 2 aromatic carbocycles. The molecular weight excluding hydrogens is 352 g/mol. The number of ether oxygens (including phenoxy) is 1. The van der Waals surface area contributed by atoms with Gasteiger partial charge in [-0.25, -0.2) is 9.78 Å². The van der Waals surface area contributed by atoms with Crippen LogP contribution >= 0.6 is 0 Å². The highest BCUT2D eigenvalue weighted by Gasteiger charge is 2.19. The van der Waals surface area contributed by atoms with Gasteiger partial charge in [-0.2, -0.15) is 0 Å². The largest absolute Gasteiger partial charge is 0.461 e. The van der Waals surface area contributed by atoms with Crippen LogP contribution in [0.15, 0.2) is 60.7 Å². The van der Waals surface area contributed by atoms with Gasteiger partial charge in [0, 0.05) is 21.9 Å². The van der Waals surface area contributed by atoms with Gasteiger partial charge in [0.05, 0.1) is 24.4 Å². The predicted octanol–water partition coefficient (Wildman–Crippen LogP) is 4.56. The van der Waals surface area contributed by atoms with Crippen molar-refractivity contribution in [2.24, 2.45) is 0 Å². The molecule has 2 aromatic heterocycles. The van der Waals surface area contributed by atoms with Crippen LogP contribution in [0.2, 0.25) is 0 Å². The van der Waals surface area contributed by atoms with E-state index in [1.54, 1.807) is 13.0 Å². The average Bonchev–Trinajstić information content (AvgIpc) is 3.03. The Kier molecular flexibility index (Phi) is 4.65. The zero-order valence-corrected chi connectivity index (χ0v) is 15.8. The molecule has 0 saturated carbocycles. The Hall–Kier alpha value is -3.47. The molecule has 4 rings (SSSR count). The highest BCUT2D eigenvalue weighted by molar-refractivity contribution is 6.11. The van der Waals surface area contributed by atoms with E-state index in [9.17, 15) is 9.59 Å². The summed E-state index contributed by atoms with van der Waals surface area (Å²) in [6.45, 7) is 4.12. The van der Waals surface area contributed by atoms with E-state index < -0.39 is 5.97 Å². The Morgan fingerprint density at radius 2 is 1.71 bits per heavy atom. The first-order chi connectivity index (χ1) is 13.6. The number of hydrogen-bond donors (Lipinski definition) is 0. The van der Waals surface area contributed by atoms with Crippen molar-refractivity contribution in [3.63, 3.8) is 0 Å². The Balaban J connectivity index is 1.90. The molecule has 0 aliphatic carbocycles. The van der Waals surface area contributed by atoms with Crippen LogP contribution < -0.4 is 0 Å². The number of nitrogens with zero attached hydrogens (tertiary/aromatic N) is 2. The maximum atomic E-state index is 12.9. The quantitative estimate of drug-likeness (QED) is 0.381. The zero-order valence-electron chi connectivity index (χ0n) is 15.8. The molecule has 0 unspecified atom stereocenters. The smallest absolute Gasteiger partial charge is 0.356 e. The number of benzene rings is 2. The van der Waals surface area contributed by atoms with Crippen LogP contribution in [0.3, 0.4) is 0 Å². The molecule has 5 heteroatoms. The highest BCUT2D eigenvalue weighted by atomic mass is 16.5. The van der Waals surface area contributed by atoms with E-state index in [1.807, 2.05) is 66.1 Å². The summed E-state index contributed by atoms with van der Waals surface area (Å²) in [5.74, 6) is -0.415. The van der Waals surface area contributed by atoms with Crippen molar-refractivity contribution in [2.75, 3.05) is 6.61 Å². The van der Waals surface area contributed by atoms with Crippen LogP contribution in [0.1, 0.15) is 33.5 Å². The van der Waals surface area contributed by atoms with E-state index in [0.29, 0.717) is 17.9 Å². The summed E-state index contributed by atoms with van der Waals surface area (Å²) in [6.07, 6.45) is 0. The number of aromatic nitrogens is 2. The summed E-state index contributed by atoms with van der Waals surface area (Å²) in [4.78, 5) is 29.5. The molecule has 4 aromatic rings. The van der Waals surface area contributed by atoms with E-state index in [1.165, 1.54) is 0 Å². The molecule has 0 amide bonds. The number of carbonyl (C=O) groups is 2. The summed E-state index contributed by atoms with van der Waals surface area (Å²) in [5.41, 5.74) is 3.44. The van der Waals surface area contributed by atoms with Crippen LogP contribution in [0.4, 0.5) is 0 Å². The standard InChI is InChI=1S/C23H20N2O3/c1-3-28-23(27)19-13-18-17-11-7-8-12-20(17)25(22(18)15(2)24-19)14-21(26)16-9-5-4-6-10-16/h4-13H,3,14H2,1-2H3. The van der Waals surface area contributed by atoms with Crippen molar-refractivity contribution < 1.29 is 14.3 Å². The molecule has 0 fully saturated rings. The lowest BCUT2D eigenvalue weighted by molar-refractivity contribution is 0.0519. The van der Waals surface area contributed by atoms with E-state index in [2.05, 4.69) is 4.98 Å². The monoisotopic (exact) mass is 372 g/mol. The minimum absolute atomic E-state index is 0.0251. The number of esters is 1. The summed E-state index contributed by atoms with van der Waals surface area (Å²) >= 11 is 0. The molecule has 0 aliphatic rings. The molecule has 5 nitrogen and oxygen atoms in total. The van der Waals surface area contributed by atoms with Crippen LogP contribution in [-0.4, -0.2) is 27.9 Å². The molecule has 0 bridgehead atoms. The third-order valence-corrected chi connectivity index (χ3v) is 4.80. The van der Waals surface area contributed by atoms with Crippen molar-refractivity contribution >= 4 is 33.6 Å². The molecule has 0 atom stereocenters. The first-order valence-electron chi connectivity index (χ1n) is 9.24. The number of hydrogen-bond acceptors (Lipinski definition) is 4. The van der Waals surface area contributed by atoms with Crippen molar-refractivity contribution in [1.29, 1.82) is 0 Å². The third kappa shape index (κ3) is 3.05. The normalized spacial score (nSPS) is 11.1. The SMILES string of the molecule is CCOC(=O)c1cc2c3ccccc3n(CC(=O)c3ccccc3)c2c(C)n1. The Labute approximate surface area is 162 Å². The van der Waals surface area contributed by atoms with E-state index in [-0.39, 0.29) is 18.0 Å².